The minimum atomic E-state index is -1.14. The van der Waals surface area contributed by atoms with Crippen LogP contribution in [0, 0.1) is 6.92 Å². The summed E-state index contributed by atoms with van der Waals surface area (Å²) in [7, 11) is 0. The molecule has 1 aliphatic heterocycles. The van der Waals surface area contributed by atoms with Crippen LogP contribution in [-0.4, -0.2) is 49.6 Å². The highest BCUT2D eigenvalue weighted by Crippen LogP contribution is 2.32. The summed E-state index contributed by atoms with van der Waals surface area (Å²) in [5.74, 6) is -0.556. The number of piperidine rings is 1. The summed E-state index contributed by atoms with van der Waals surface area (Å²) in [6.45, 7) is 3.10. The molecule has 1 saturated heterocycles. The van der Waals surface area contributed by atoms with Gasteiger partial charge in [-0.15, -0.1) is 0 Å². The van der Waals surface area contributed by atoms with Crippen LogP contribution < -0.4 is 5.32 Å². The summed E-state index contributed by atoms with van der Waals surface area (Å²) >= 11 is 6.30. The third kappa shape index (κ3) is 4.33. The van der Waals surface area contributed by atoms with Crippen LogP contribution in [0.25, 0.3) is 5.65 Å². The second kappa shape index (κ2) is 9.38. The Morgan fingerprint density at radius 2 is 1.77 bits per heavy atom. The van der Waals surface area contributed by atoms with Crippen LogP contribution in [-0.2, 0) is 0 Å². The molecule has 2 N–H and O–H groups in total. The summed E-state index contributed by atoms with van der Waals surface area (Å²) in [5, 5.41) is 17.6. The number of carbonyl (C=O) groups is 2. The minimum absolute atomic E-state index is 0.0430. The fourth-order valence-corrected chi connectivity index (χ4v) is 4.71. The van der Waals surface area contributed by atoms with Crippen molar-refractivity contribution in [3.05, 3.63) is 88.2 Å². The molecule has 1 fully saturated rings. The summed E-state index contributed by atoms with van der Waals surface area (Å²) in [6, 6.07) is 15.8. The molecule has 1 aliphatic rings. The second-order valence-corrected chi connectivity index (χ2v) is 9.04. The number of aromatic carboxylic acids is 1. The number of hydrogen-bond donors (Lipinski definition) is 2. The third-order valence-corrected chi connectivity index (χ3v) is 6.97. The molecule has 2 aromatic carbocycles. The standard InChI is InChI=1S/C26H24ClN5O3/c1-16-21(27)8-5-9-22(16)30-24-19(14-28-23-20(26(34)35)15-29-32(23)24)25(33)31-12-10-18(11-13-31)17-6-3-2-4-7-17/h2-9,14-15,18,30H,10-13H2,1H3,(H,34,35). The van der Waals surface area contributed by atoms with Crippen molar-refractivity contribution in [1.82, 2.24) is 19.5 Å². The van der Waals surface area contributed by atoms with E-state index in [-0.39, 0.29) is 17.1 Å². The van der Waals surface area contributed by atoms with Gasteiger partial charge in [-0.05, 0) is 48.9 Å². The zero-order valence-corrected chi connectivity index (χ0v) is 19.9. The number of carbonyl (C=O) groups excluding carboxylic acids is 1. The first-order valence-electron chi connectivity index (χ1n) is 11.4. The smallest absolute Gasteiger partial charge is 0.341 e. The number of halogens is 1. The zero-order valence-electron chi connectivity index (χ0n) is 19.1. The molecule has 0 bridgehead atoms. The van der Waals surface area contributed by atoms with Crippen LogP contribution in [0.2, 0.25) is 5.02 Å². The predicted molar refractivity (Wildman–Crippen MR) is 134 cm³/mol. The Balaban J connectivity index is 1.49. The number of carboxylic acids is 1. The van der Waals surface area contributed by atoms with Crippen LogP contribution in [0.3, 0.4) is 0 Å². The van der Waals surface area contributed by atoms with E-state index in [0.717, 1.165) is 18.4 Å². The van der Waals surface area contributed by atoms with Gasteiger partial charge in [-0.1, -0.05) is 48.0 Å². The number of aromatic nitrogens is 3. The van der Waals surface area contributed by atoms with E-state index in [9.17, 15) is 14.7 Å². The molecule has 0 spiro atoms. The monoisotopic (exact) mass is 489 g/mol. The van der Waals surface area contributed by atoms with Gasteiger partial charge in [-0.3, -0.25) is 4.79 Å². The van der Waals surface area contributed by atoms with Gasteiger partial charge in [0.15, 0.2) is 5.65 Å². The molecule has 5 rings (SSSR count). The van der Waals surface area contributed by atoms with E-state index in [4.69, 9.17) is 11.6 Å². The maximum absolute atomic E-state index is 13.7. The van der Waals surface area contributed by atoms with Crippen LogP contribution in [0.1, 0.15) is 50.6 Å². The molecule has 0 aliphatic carbocycles. The number of carboxylic acid groups (broad SMARTS) is 1. The molecule has 1 amide bonds. The fraction of sp³-hybridized carbons (Fsp3) is 0.231. The molecule has 3 heterocycles. The number of nitrogens with one attached hydrogen (secondary N) is 1. The average molecular weight is 490 g/mol. The van der Waals surface area contributed by atoms with Crippen molar-refractivity contribution in [3.63, 3.8) is 0 Å². The minimum Gasteiger partial charge on any atom is -0.477 e. The Bertz CT molecular complexity index is 1410. The first-order valence-corrected chi connectivity index (χ1v) is 11.8. The highest BCUT2D eigenvalue weighted by molar-refractivity contribution is 6.31. The summed E-state index contributed by atoms with van der Waals surface area (Å²) < 4.78 is 1.37. The number of fused-ring (bicyclic) bond motifs is 1. The molecule has 0 unspecified atom stereocenters. The summed E-state index contributed by atoms with van der Waals surface area (Å²) in [5.41, 5.74) is 3.20. The van der Waals surface area contributed by atoms with E-state index in [0.29, 0.717) is 41.1 Å². The quantitative estimate of drug-likeness (QED) is 0.402. The van der Waals surface area contributed by atoms with Crippen LogP contribution in [0.5, 0.6) is 0 Å². The van der Waals surface area contributed by atoms with Gasteiger partial charge in [0, 0.05) is 30.0 Å². The normalized spacial score (nSPS) is 14.3. The van der Waals surface area contributed by atoms with Crippen molar-refractivity contribution in [1.29, 1.82) is 0 Å². The number of hydrogen-bond acceptors (Lipinski definition) is 5. The predicted octanol–water partition coefficient (Wildman–Crippen LogP) is 5.15. The Morgan fingerprint density at radius 1 is 1.03 bits per heavy atom. The first kappa shape index (κ1) is 22.9. The Kier molecular flexibility index (Phi) is 6.13. The molecular formula is C26H24ClN5O3. The van der Waals surface area contributed by atoms with Crippen molar-refractivity contribution < 1.29 is 14.7 Å². The van der Waals surface area contributed by atoms with Gasteiger partial charge in [-0.2, -0.15) is 9.61 Å². The van der Waals surface area contributed by atoms with E-state index in [2.05, 4.69) is 27.5 Å². The summed E-state index contributed by atoms with van der Waals surface area (Å²) in [4.78, 5) is 31.4. The number of rotatable bonds is 5. The van der Waals surface area contributed by atoms with Crippen molar-refractivity contribution in [2.75, 3.05) is 18.4 Å². The van der Waals surface area contributed by atoms with Crippen LogP contribution in [0.4, 0.5) is 11.5 Å². The fourth-order valence-electron chi connectivity index (χ4n) is 4.54. The number of amides is 1. The average Bonchev–Trinajstić information content (AvgIpc) is 3.32. The van der Waals surface area contributed by atoms with Gasteiger partial charge in [0.1, 0.15) is 16.9 Å². The van der Waals surface area contributed by atoms with Crippen LogP contribution >= 0.6 is 11.6 Å². The lowest BCUT2D eigenvalue weighted by Gasteiger charge is -2.32. The Hall–Kier alpha value is -3.91. The first-order chi connectivity index (χ1) is 16.9. The van der Waals surface area contributed by atoms with Crippen LogP contribution in [0.15, 0.2) is 60.9 Å². The van der Waals surface area contributed by atoms with E-state index in [1.165, 1.54) is 22.5 Å². The van der Waals surface area contributed by atoms with E-state index >= 15 is 0 Å². The van der Waals surface area contributed by atoms with Crippen molar-refractivity contribution in [2.24, 2.45) is 0 Å². The third-order valence-electron chi connectivity index (χ3n) is 6.56. The van der Waals surface area contributed by atoms with Gasteiger partial charge in [0.2, 0.25) is 0 Å². The van der Waals surface area contributed by atoms with Crippen molar-refractivity contribution >= 4 is 40.6 Å². The van der Waals surface area contributed by atoms with Gasteiger partial charge in [-0.25, -0.2) is 9.78 Å². The highest BCUT2D eigenvalue weighted by atomic mass is 35.5. The van der Waals surface area contributed by atoms with E-state index in [1.807, 2.05) is 36.1 Å². The molecular weight excluding hydrogens is 466 g/mol. The van der Waals surface area contributed by atoms with Gasteiger partial charge >= 0.3 is 5.97 Å². The van der Waals surface area contributed by atoms with Gasteiger partial charge in [0.05, 0.1) is 6.20 Å². The van der Waals surface area contributed by atoms with Gasteiger partial charge < -0.3 is 15.3 Å². The lowest BCUT2D eigenvalue weighted by atomic mass is 9.89. The number of nitrogens with zero attached hydrogens (tertiary/aromatic N) is 4. The topological polar surface area (TPSA) is 99.8 Å². The molecule has 35 heavy (non-hydrogen) atoms. The molecule has 0 saturated carbocycles. The second-order valence-electron chi connectivity index (χ2n) is 8.63. The zero-order chi connectivity index (χ0) is 24.5. The number of anilines is 2. The molecule has 9 heteroatoms. The largest absolute Gasteiger partial charge is 0.477 e. The van der Waals surface area contributed by atoms with Crippen molar-refractivity contribution in [2.45, 2.75) is 25.7 Å². The maximum atomic E-state index is 13.7. The highest BCUT2D eigenvalue weighted by Gasteiger charge is 2.28. The molecule has 0 radical (unpaired) electrons. The van der Waals surface area contributed by atoms with Gasteiger partial charge in [0.25, 0.3) is 5.91 Å². The number of likely N-dealkylation sites (tertiary alicyclic amines) is 1. The maximum Gasteiger partial charge on any atom is 0.341 e. The summed E-state index contributed by atoms with van der Waals surface area (Å²) in [6.07, 6.45) is 4.40. The van der Waals surface area contributed by atoms with E-state index in [1.54, 1.807) is 12.1 Å². The SMILES string of the molecule is Cc1c(Cl)cccc1Nc1c(C(=O)N2CCC(c3ccccc3)CC2)cnc2c(C(=O)O)cnn12. The lowest BCUT2D eigenvalue weighted by Crippen LogP contribution is -2.38. The Labute approximate surface area is 207 Å². The molecule has 0 atom stereocenters. The van der Waals surface area contributed by atoms with Crippen molar-refractivity contribution in [3.8, 4) is 0 Å². The molecule has 4 aromatic rings. The molecule has 2 aromatic heterocycles. The molecule has 178 valence electrons. The number of benzene rings is 2. The Morgan fingerprint density at radius 3 is 2.49 bits per heavy atom. The molecule has 8 nitrogen and oxygen atoms in total. The lowest BCUT2D eigenvalue weighted by molar-refractivity contribution is 0.0695. The van der Waals surface area contributed by atoms with E-state index < -0.39 is 5.97 Å².